The number of aromatic nitrogens is 1. The van der Waals surface area contributed by atoms with Crippen LogP contribution in [-0.2, 0) is 13.0 Å². The van der Waals surface area contributed by atoms with Gasteiger partial charge in [-0.1, -0.05) is 19.8 Å². The van der Waals surface area contributed by atoms with Crippen molar-refractivity contribution >= 4 is 17.2 Å². The highest BCUT2D eigenvalue weighted by Crippen LogP contribution is 2.42. The van der Waals surface area contributed by atoms with Gasteiger partial charge in [0.25, 0.3) is 11.5 Å². The SMILES string of the molecule is Cc1cc(C)c(CN2CCCc3sc([C@H](C)C4CCN(CC5CCCC5)CC4)c(C)c3C2=O)c(=O)[nH]1. The summed E-state index contributed by atoms with van der Waals surface area (Å²) < 4.78 is 0. The van der Waals surface area contributed by atoms with Crippen LogP contribution in [0.15, 0.2) is 10.9 Å². The topological polar surface area (TPSA) is 56.4 Å². The van der Waals surface area contributed by atoms with Crippen molar-refractivity contribution in [2.24, 2.45) is 11.8 Å². The minimum Gasteiger partial charge on any atom is -0.334 e. The molecule has 36 heavy (non-hydrogen) atoms. The lowest BCUT2D eigenvalue weighted by Crippen LogP contribution is -2.37. The van der Waals surface area contributed by atoms with Crippen LogP contribution < -0.4 is 5.56 Å². The van der Waals surface area contributed by atoms with Crippen molar-refractivity contribution in [2.45, 2.75) is 91.5 Å². The highest BCUT2D eigenvalue weighted by Gasteiger charge is 2.33. The fourth-order valence-electron chi connectivity index (χ4n) is 7.00. The van der Waals surface area contributed by atoms with Gasteiger partial charge in [0.2, 0.25) is 0 Å². The number of rotatable bonds is 6. The molecule has 4 heterocycles. The molecule has 5 rings (SSSR count). The number of carbonyl (C=O) groups is 1. The number of H-pyrrole nitrogens is 1. The van der Waals surface area contributed by atoms with Gasteiger partial charge in [0, 0.05) is 34.1 Å². The number of aryl methyl sites for hydroxylation is 3. The van der Waals surface area contributed by atoms with Crippen LogP contribution in [0.5, 0.6) is 0 Å². The first-order valence-corrected chi connectivity index (χ1v) is 15.0. The monoisotopic (exact) mass is 509 g/mol. The van der Waals surface area contributed by atoms with Crippen molar-refractivity contribution in [3.8, 4) is 0 Å². The lowest BCUT2D eigenvalue weighted by Gasteiger charge is -2.36. The highest BCUT2D eigenvalue weighted by molar-refractivity contribution is 7.12. The summed E-state index contributed by atoms with van der Waals surface area (Å²) in [6, 6.07) is 2.00. The van der Waals surface area contributed by atoms with E-state index in [2.05, 4.69) is 23.7 Å². The Hall–Kier alpha value is -1.92. The Kier molecular flexibility index (Phi) is 7.73. The number of pyridine rings is 1. The van der Waals surface area contributed by atoms with Crippen LogP contribution >= 0.6 is 11.3 Å². The van der Waals surface area contributed by atoms with E-state index in [4.69, 9.17) is 0 Å². The molecule has 5 nitrogen and oxygen atoms in total. The maximum atomic E-state index is 13.8. The van der Waals surface area contributed by atoms with Crippen molar-refractivity contribution in [1.29, 1.82) is 0 Å². The van der Waals surface area contributed by atoms with E-state index < -0.39 is 0 Å². The van der Waals surface area contributed by atoms with Crippen LogP contribution in [0.3, 0.4) is 0 Å². The van der Waals surface area contributed by atoms with E-state index in [0.717, 1.165) is 35.6 Å². The largest absolute Gasteiger partial charge is 0.334 e. The Morgan fingerprint density at radius 3 is 2.44 bits per heavy atom. The van der Waals surface area contributed by atoms with Crippen molar-refractivity contribution in [3.63, 3.8) is 0 Å². The number of amides is 1. The summed E-state index contributed by atoms with van der Waals surface area (Å²) in [5.41, 5.74) is 4.59. The standard InChI is InChI=1S/C30H43N3O2S/c1-19-16-20(2)31-29(34)25(19)18-33-13-7-10-26-27(30(33)35)22(4)28(36-26)21(3)24-11-14-32(15-12-24)17-23-8-5-6-9-23/h16,21,23-24H,5-15,17-18H2,1-4H3,(H,31,34)/t21-/m1/s1. The lowest BCUT2D eigenvalue weighted by atomic mass is 9.83. The van der Waals surface area contributed by atoms with E-state index >= 15 is 0 Å². The van der Waals surface area contributed by atoms with Crippen LogP contribution in [0.2, 0.25) is 0 Å². The van der Waals surface area contributed by atoms with Gasteiger partial charge in [-0.05, 0) is 107 Å². The molecular formula is C30H43N3O2S. The van der Waals surface area contributed by atoms with Gasteiger partial charge in [0.05, 0.1) is 12.1 Å². The van der Waals surface area contributed by atoms with Crippen LogP contribution in [0.25, 0.3) is 0 Å². The number of likely N-dealkylation sites (tertiary alicyclic amines) is 1. The lowest BCUT2D eigenvalue weighted by molar-refractivity contribution is 0.0747. The maximum absolute atomic E-state index is 13.8. The predicted octanol–water partition coefficient (Wildman–Crippen LogP) is 5.96. The van der Waals surface area contributed by atoms with Gasteiger partial charge < -0.3 is 14.8 Å². The summed E-state index contributed by atoms with van der Waals surface area (Å²) >= 11 is 1.90. The second-order valence-electron chi connectivity index (χ2n) is 11.7. The van der Waals surface area contributed by atoms with Crippen LogP contribution in [0.4, 0.5) is 0 Å². The fourth-order valence-corrected chi connectivity index (χ4v) is 8.49. The van der Waals surface area contributed by atoms with Crippen molar-refractivity contribution in [3.05, 3.63) is 54.1 Å². The molecule has 6 heteroatoms. The molecule has 2 aromatic rings. The molecule has 1 saturated heterocycles. The number of fused-ring (bicyclic) bond motifs is 1. The van der Waals surface area contributed by atoms with Gasteiger partial charge in [-0.2, -0.15) is 0 Å². The first-order chi connectivity index (χ1) is 17.3. The molecule has 0 bridgehead atoms. The predicted molar refractivity (Wildman–Crippen MR) is 148 cm³/mol. The Labute approximate surface area is 220 Å². The van der Waals surface area contributed by atoms with Gasteiger partial charge in [-0.25, -0.2) is 0 Å². The van der Waals surface area contributed by atoms with E-state index in [1.54, 1.807) is 0 Å². The van der Waals surface area contributed by atoms with Gasteiger partial charge in [-0.15, -0.1) is 11.3 Å². The number of thiophene rings is 1. The minimum atomic E-state index is -0.0691. The van der Waals surface area contributed by atoms with Crippen molar-refractivity contribution in [2.75, 3.05) is 26.2 Å². The molecule has 1 atom stereocenters. The number of nitrogens with one attached hydrogen (secondary N) is 1. The van der Waals surface area contributed by atoms with E-state index in [0.29, 0.717) is 30.5 Å². The molecule has 2 aliphatic heterocycles. The molecule has 2 fully saturated rings. The Morgan fingerprint density at radius 2 is 1.75 bits per heavy atom. The van der Waals surface area contributed by atoms with E-state index in [-0.39, 0.29) is 11.5 Å². The zero-order valence-electron chi connectivity index (χ0n) is 22.6. The molecule has 0 radical (unpaired) electrons. The summed E-state index contributed by atoms with van der Waals surface area (Å²) in [4.78, 5) is 36.6. The van der Waals surface area contributed by atoms with E-state index in [1.165, 1.54) is 73.5 Å². The highest BCUT2D eigenvalue weighted by atomic mass is 32.1. The first-order valence-electron chi connectivity index (χ1n) is 14.1. The molecule has 196 valence electrons. The third-order valence-electron chi connectivity index (χ3n) is 9.18. The summed E-state index contributed by atoms with van der Waals surface area (Å²) in [5.74, 6) is 2.24. The Bertz CT molecular complexity index is 1150. The first kappa shape index (κ1) is 25.7. The van der Waals surface area contributed by atoms with Gasteiger partial charge in [0.1, 0.15) is 0 Å². The van der Waals surface area contributed by atoms with E-state index in [9.17, 15) is 9.59 Å². The molecule has 1 aliphatic carbocycles. The number of nitrogens with zero attached hydrogens (tertiary/aromatic N) is 2. The van der Waals surface area contributed by atoms with Crippen LogP contribution in [-0.4, -0.2) is 46.9 Å². The quantitative estimate of drug-likeness (QED) is 0.523. The second kappa shape index (κ2) is 10.8. The zero-order chi connectivity index (χ0) is 25.4. The molecule has 1 saturated carbocycles. The Balaban J connectivity index is 1.29. The molecule has 0 unspecified atom stereocenters. The van der Waals surface area contributed by atoms with E-state index in [1.807, 2.05) is 36.2 Å². The second-order valence-corrected chi connectivity index (χ2v) is 12.9. The smallest absolute Gasteiger partial charge is 0.255 e. The number of carbonyl (C=O) groups excluding carboxylic acids is 1. The zero-order valence-corrected chi connectivity index (χ0v) is 23.4. The van der Waals surface area contributed by atoms with Gasteiger partial charge >= 0.3 is 0 Å². The maximum Gasteiger partial charge on any atom is 0.255 e. The number of piperidine rings is 1. The average molecular weight is 510 g/mol. The summed E-state index contributed by atoms with van der Waals surface area (Å²) in [7, 11) is 0. The van der Waals surface area contributed by atoms with Crippen LogP contribution in [0.1, 0.15) is 100 Å². The molecular weight excluding hydrogens is 466 g/mol. The van der Waals surface area contributed by atoms with Gasteiger partial charge in [0.15, 0.2) is 0 Å². The third kappa shape index (κ3) is 5.22. The number of hydrogen-bond acceptors (Lipinski definition) is 4. The summed E-state index contributed by atoms with van der Waals surface area (Å²) in [6.07, 6.45) is 10.2. The van der Waals surface area contributed by atoms with Gasteiger partial charge in [-0.3, -0.25) is 9.59 Å². The molecule has 1 N–H and O–H groups in total. The molecule has 2 aromatic heterocycles. The number of hydrogen-bond donors (Lipinski definition) is 1. The minimum absolute atomic E-state index is 0.0691. The summed E-state index contributed by atoms with van der Waals surface area (Å²) in [6.45, 7) is 13.3. The number of aromatic amines is 1. The molecule has 3 aliphatic rings. The van der Waals surface area contributed by atoms with Crippen LogP contribution in [0, 0.1) is 32.6 Å². The van der Waals surface area contributed by atoms with Crippen molar-refractivity contribution in [1.82, 2.24) is 14.8 Å². The molecule has 1 amide bonds. The average Bonchev–Trinajstić information content (AvgIpc) is 3.43. The summed E-state index contributed by atoms with van der Waals surface area (Å²) in [5, 5.41) is 0. The Morgan fingerprint density at radius 1 is 1.03 bits per heavy atom. The van der Waals surface area contributed by atoms with Crippen molar-refractivity contribution < 1.29 is 4.79 Å². The fraction of sp³-hybridized carbons (Fsp3) is 0.667. The molecule has 0 spiro atoms. The third-order valence-corrected chi connectivity index (χ3v) is 10.7. The normalized spacial score (nSPS) is 21.1. The molecule has 0 aromatic carbocycles.